The van der Waals surface area contributed by atoms with Gasteiger partial charge < -0.3 is 5.11 Å². The summed E-state index contributed by atoms with van der Waals surface area (Å²) < 4.78 is 0. The maximum atomic E-state index is 10.2. The molecule has 1 fully saturated rings. The van der Waals surface area contributed by atoms with E-state index in [4.69, 9.17) is 28.3 Å². The van der Waals surface area contributed by atoms with Crippen molar-refractivity contribution in [3.8, 4) is 0 Å². The minimum Gasteiger partial charge on any atom is -0.481 e. The molecule has 5 heteroatoms. The molecule has 2 rings (SSSR count). The number of hydrogen-bond acceptors (Lipinski definition) is 2. The largest absolute Gasteiger partial charge is 0.481 e. The summed E-state index contributed by atoms with van der Waals surface area (Å²) in [6, 6.07) is 4.73. The van der Waals surface area contributed by atoms with Crippen molar-refractivity contribution in [2.24, 2.45) is 17.8 Å². The number of carbonyl (C=O) groups excluding carboxylic acids is 1. The van der Waals surface area contributed by atoms with E-state index in [-0.39, 0.29) is 5.92 Å². The molecule has 0 bridgehead atoms. The van der Waals surface area contributed by atoms with Gasteiger partial charge in [-0.2, -0.15) is 0 Å². The number of carboxylic acid groups (broad SMARTS) is 1. The number of carboxylic acids is 1. The molecule has 0 saturated heterocycles. The molecule has 0 aliphatic heterocycles. The van der Waals surface area contributed by atoms with Crippen molar-refractivity contribution in [2.45, 2.75) is 13.8 Å². The van der Waals surface area contributed by atoms with E-state index < -0.39 is 5.97 Å². The summed E-state index contributed by atoms with van der Waals surface area (Å²) >= 11 is 11.2. The summed E-state index contributed by atoms with van der Waals surface area (Å²) in [6.45, 7) is 3.95. The lowest BCUT2D eigenvalue weighted by Crippen LogP contribution is -1.98. The van der Waals surface area contributed by atoms with Gasteiger partial charge in [-0.15, -0.1) is 0 Å². The predicted molar refractivity (Wildman–Crippen MR) is 71.3 cm³/mol. The molecule has 18 heavy (non-hydrogen) atoms. The Hall–Kier alpha value is -1.06. The second kappa shape index (κ2) is 6.21. The summed E-state index contributed by atoms with van der Waals surface area (Å²) in [5.74, 6) is 0.139. The van der Waals surface area contributed by atoms with E-state index in [0.717, 1.165) is 6.29 Å². The molecule has 3 nitrogen and oxygen atoms in total. The number of aliphatic carboxylic acids is 1. The Morgan fingerprint density at radius 1 is 1.22 bits per heavy atom. The number of benzene rings is 1. The van der Waals surface area contributed by atoms with Gasteiger partial charge in [0, 0.05) is 5.56 Å². The Morgan fingerprint density at radius 3 is 2.06 bits per heavy atom. The molecule has 0 heterocycles. The first kappa shape index (κ1) is 15.0. The Labute approximate surface area is 116 Å². The SMILES string of the molecule is CC1C(C)C1C(=O)O.O=Cc1ccc(Cl)c(Cl)c1. The molecular weight excluding hydrogens is 275 g/mol. The smallest absolute Gasteiger partial charge is 0.307 e. The van der Waals surface area contributed by atoms with Crippen molar-refractivity contribution in [3.63, 3.8) is 0 Å². The molecule has 1 aromatic rings. The van der Waals surface area contributed by atoms with Crippen LogP contribution in [0.15, 0.2) is 18.2 Å². The molecule has 0 aromatic heterocycles. The van der Waals surface area contributed by atoms with E-state index in [1.165, 1.54) is 6.07 Å². The Balaban J connectivity index is 0.000000184. The standard InChI is InChI=1S/C7H4Cl2O.C6H10O2/c8-6-2-1-5(4-10)3-7(6)9;1-3-4(2)5(3)6(7)8/h1-4H;3-5H,1-2H3,(H,7,8). The Kier molecular flexibility index (Phi) is 5.17. The molecule has 1 N–H and O–H groups in total. The molecule has 0 amide bonds. The van der Waals surface area contributed by atoms with Gasteiger partial charge in [0.2, 0.25) is 0 Å². The lowest BCUT2D eigenvalue weighted by atomic mass is 10.2. The first-order valence-corrected chi connectivity index (χ1v) is 6.27. The first-order chi connectivity index (χ1) is 8.38. The molecule has 1 aliphatic carbocycles. The number of carbonyl (C=O) groups is 2. The van der Waals surface area contributed by atoms with Crippen molar-refractivity contribution in [3.05, 3.63) is 33.8 Å². The van der Waals surface area contributed by atoms with Crippen molar-refractivity contribution >= 4 is 35.5 Å². The number of hydrogen-bond donors (Lipinski definition) is 1. The van der Waals surface area contributed by atoms with E-state index in [2.05, 4.69) is 0 Å². The van der Waals surface area contributed by atoms with E-state index in [9.17, 15) is 9.59 Å². The third-order valence-corrected chi connectivity index (χ3v) is 3.93. The molecule has 1 aromatic carbocycles. The normalized spacial score (nSPS) is 24.8. The second-order valence-corrected chi connectivity index (χ2v) is 5.19. The minimum atomic E-state index is -0.634. The molecule has 0 spiro atoms. The lowest BCUT2D eigenvalue weighted by Gasteiger charge is -1.93. The van der Waals surface area contributed by atoms with Crippen LogP contribution in [0.4, 0.5) is 0 Å². The maximum Gasteiger partial charge on any atom is 0.307 e. The Morgan fingerprint density at radius 2 is 1.78 bits per heavy atom. The van der Waals surface area contributed by atoms with Crippen molar-refractivity contribution in [2.75, 3.05) is 0 Å². The van der Waals surface area contributed by atoms with Crippen LogP contribution in [0.3, 0.4) is 0 Å². The van der Waals surface area contributed by atoms with Gasteiger partial charge >= 0.3 is 5.97 Å². The molecular formula is C13H14Cl2O3. The van der Waals surface area contributed by atoms with Crippen molar-refractivity contribution < 1.29 is 14.7 Å². The Bertz CT molecular complexity index is 452. The average Bonchev–Trinajstić information content (AvgIpc) is 2.92. The zero-order valence-corrected chi connectivity index (χ0v) is 11.6. The minimum absolute atomic E-state index is 0.0463. The fourth-order valence-electron chi connectivity index (χ4n) is 1.70. The van der Waals surface area contributed by atoms with Gasteiger partial charge in [-0.05, 0) is 24.0 Å². The van der Waals surface area contributed by atoms with Gasteiger partial charge in [-0.3, -0.25) is 9.59 Å². The highest BCUT2D eigenvalue weighted by atomic mass is 35.5. The maximum absolute atomic E-state index is 10.2. The topological polar surface area (TPSA) is 54.4 Å². The summed E-state index contributed by atoms with van der Waals surface area (Å²) in [7, 11) is 0. The van der Waals surface area contributed by atoms with Gasteiger partial charge in [0.1, 0.15) is 6.29 Å². The first-order valence-electron chi connectivity index (χ1n) is 5.51. The van der Waals surface area contributed by atoms with Crippen LogP contribution in [-0.2, 0) is 4.79 Å². The molecule has 0 radical (unpaired) electrons. The molecule has 1 saturated carbocycles. The van der Waals surface area contributed by atoms with E-state index in [1.807, 2.05) is 13.8 Å². The van der Waals surface area contributed by atoms with Crippen LogP contribution in [0, 0.1) is 17.8 Å². The van der Waals surface area contributed by atoms with Crippen LogP contribution in [0.5, 0.6) is 0 Å². The monoisotopic (exact) mass is 288 g/mol. The highest BCUT2D eigenvalue weighted by Gasteiger charge is 2.48. The predicted octanol–water partition coefficient (Wildman–Crippen LogP) is 3.78. The van der Waals surface area contributed by atoms with Gasteiger partial charge in [-0.25, -0.2) is 0 Å². The number of rotatable bonds is 2. The molecule has 2 atom stereocenters. The second-order valence-electron chi connectivity index (χ2n) is 4.37. The average molecular weight is 289 g/mol. The van der Waals surface area contributed by atoms with Crippen LogP contribution >= 0.6 is 23.2 Å². The molecule has 2 unspecified atom stereocenters. The fraction of sp³-hybridized carbons (Fsp3) is 0.385. The van der Waals surface area contributed by atoms with Crippen LogP contribution in [0.25, 0.3) is 0 Å². The zero-order valence-electron chi connectivity index (χ0n) is 10.1. The van der Waals surface area contributed by atoms with Crippen LogP contribution in [0.1, 0.15) is 24.2 Å². The van der Waals surface area contributed by atoms with Gasteiger partial charge in [-0.1, -0.05) is 43.1 Å². The molecule has 98 valence electrons. The van der Waals surface area contributed by atoms with Gasteiger partial charge in [0.15, 0.2) is 0 Å². The summed E-state index contributed by atoms with van der Waals surface area (Å²) in [5.41, 5.74) is 0.536. The molecule has 1 aliphatic rings. The van der Waals surface area contributed by atoms with Crippen LogP contribution in [0.2, 0.25) is 10.0 Å². The lowest BCUT2D eigenvalue weighted by molar-refractivity contribution is -0.139. The van der Waals surface area contributed by atoms with Crippen LogP contribution in [-0.4, -0.2) is 17.4 Å². The van der Waals surface area contributed by atoms with E-state index in [1.54, 1.807) is 12.1 Å². The zero-order chi connectivity index (χ0) is 13.9. The summed E-state index contributed by atoms with van der Waals surface area (Å²) in [4.78, 5) is 20.4. The van der Waals surface area contributed by atoms with Crippen molar-refractivity contribution in [1.82, 2.24) is 0 Å². The summed E-state index contributed by atoms with van der Waals surface area (Å²) in [5, 5.41) is 9.27. The van der Waals surface area contributed by atoms with Crippen LogP contribution < -0.4 is 0 Å². The van der Waals surface area contributed by atoms with E-state index in [0.29, 0.717) is 27.4 Å². The van der Waals surface area contributed by atoms with Gasteiger partial charge in [0.25, 0.3) is 0 Å². The number of halogens is 2. The number of aldehydes is 1. The quantitative estimate of drug-likeness (QED) is 0.843. The van der Waals surface area contributed by atoms with E-state index >= 15 is 0 Å². The summed E-state index contributed by atoms with van der Waals surface area (Å²) in [6.07, 6.45) is 0.724. The highest BCUT2D eigenvalue weighted by Crippen LogP contribution is 2.45. The third-order valence-electron chi connectivity index (χ3n) is 3.19. The third kappa shape index (κ3) is 3.72. The van der Waals surface area contributed by atoms with Gasteiger partial charge in [0.05, 0.1) is 16.0 Å². The fourth-order valence-corrected chi connectivity index (χ4v) is 2.00. The highest BCUT2D eigenvalue weighted by molar-refractivity contribution is 6.42. The van der Waals surface area contributed by atoms with Crippen molar-refractivity contribution in [1.29, 1.82) is 0 Å².